The second-order valence-electron chi connectivity index (χ2n) is 3.37. The summed E-state index contributed by atoms with van der Waals surface area (Å²) >= 11 is 1.27. The summed E-state index contributed by atoms with van der Waals surface area (Å²) in [5, 5.41) is 1.76. The van der Waals surface area contributed by atoms with Gasteiger partial charge in [-0.3, -0.25) is 4.55 Å². The van der Waals surface area contributed by atoms with E-state index in [4.69, 9.17) is 0 Å². The van der Waals surface area contributed by atoms with Crippen LogP contribution in [0, 0.1) is 0 Å². The van der Waals surface area contributed by atoms with Gasteiger partial charge in [0.2, 0.25) is 0 Å². The fourth-order valence-corrected chi connectivity index (χ4v) is 3.10. The first-order valence-corrected chi connectivity index (χ1v) is 7.17. The second-order valence-corrected chi connectivity index (χ2v) is 5.71. The molecule has 0 unspecified atom stereocenters. The fraction of sp³-hybridized carbons (Fsp3) is 0. The zero-order chi connectivity index (χ0) is 12.3. The van der Waals surface area contributed by atoms with Crippen molar-refractivity contribution in [2.24, 2.45) is 0 Å². The van der Waals surface area contributed by atoms with Gasteiger partial charge in [0, 0.05) is 4.88 Å². The van der Waals surface area contributed by atoms with E-state index in [1.54, 1.807) is 29.6 Å². The summed E-state index contributed by atoms with van der Waals surface area (Å²) in [4.78, 5) is 0.454. The average molecular weight is 266 g/mol. The SMILES string of the molecule is O=S(=O)(O)C(=Cc1ccccc1)c1cccs1. The van der Waals surface area contributed by atoms with E-state index >= 15 is 0 Å². The Kier molecular flexibility index (Phi) is 3.42. The molecule has 0 amide bonds. The number of hydrogen-bond acceptors (Lipinski definition) is 3. The number of rotatable bonds is 3. The van der Waals surface area contributed by atoms with Crippen LogP contribution in [0.5, 0.6) is 0 Å². The number of thiophene rings is 1. The van der Waals surface area contributed by atoms with Crippen LogP contribution in [0.2, 0.25) is 0 Å². The van der Waals surface area contributed by atoms with Gasteiger partial charge in [0.1, 0.15) is 4.91 Å². The predicted octanol–water partition coefficient (Wildman–Crippen LogP) is 3.13. The summed E-state index contributed by atoms with van der Waals surface area (Å²) in [6.07, 6.45) is 1.46. The summed E-state index contributed by atoms with van der Waals surface area (Å²) in [5.74, 6) is 0. The van der Waals surface area contributed by atoms with Crippen LogP contribution >= 0.6 is 11.3 Å². The monoisotopic (exact) mass is 266 g/mol. The molecule has 0 fully saturated rings. The summed E-state index contributed by atoms with van der Waals surface area (Å²) in [6, 6.07) is 12.4. The van der Waals surface area contributed by atoms with Gasteiger partial charge in [-0.25, -0.2) is 0 Å². The maximum atomic E-state index is 11.3. The van der Waals surface area contributed by atoms with E-state index < -0.39 is 10.1 Å². The molecule has 0 atom stereocenters. The van der Waals surface area contributed by atoms with Crippen molar-refractivity contribution >= 4 is 32.4 Å². The fourth-order valence-electron chi connectivity index (χ4n) is 1.39. The van der Waals surface area contributed by atoms with Crippen molar-refractivity contribution in [2.45, 2.75) is 0 Å². The smallest absolute Gasteiger partial charge is 0.282 e. The Hall–Kier alpha value is -1.43. The van der Waals surface area contributed by atoms with Gasteiger partial charge in [-0.05, 0) is 23.1 Å². The van der Waals surface area contributed by atoms with E-state index in [1.807, 2.05) is 18.2 Å². The highest BCUT2D eigenvalue weighted by Gasteiger charge is 2.17. The van der Waals surface area contributed by atoms with Crippen LogP contribution in [0.3, 0.4) is 0 Å². The maximum absolute atomic E-state index is 11.3. The molecule has 2 rings (SSSR count). The Morgan fingerprint density at radius 2 is 1.82 bits per heavy atom. The summed E-state index contributed by atoms with van der Waals surface area (Å²) in [6.45, 7) is 0. The van der Waals surface area contributed by atoms with Crippen molar-refractivity contribution in [2.75, 3.05) is 0 Å². The highest BCUT2D eigenvalue weighted by Crippen LogP contribution is 2.26. The Morgan fingerprint density at radius 1 is 1.12 bits per heavy atom. The van der Waals surface area contributed by atoms with E-state index in [-0.39, 0.29) is 4.91 Å². The zero-order valence-electron chi connectivity index (χ0n) is 8.78. The van der Waals surface area contributed by atoms with Gasteiger partial charge in [-0.1, -0.05) is 36.4 Å². The lowest BCUT2D eigenvalue weighted by Crippen LogP contribution is -1.99. The standard InChI is InChI=1S/C12H10O3S2/c13-17(14,15)12(11-7-4-8-16-11)9-10-5-2-1-3-6-10/h1-9H,(H,13,14,15). The van der Waals surface area contributed by atoms with Gasteiger partial charge in [0.25, 0.3) is 10.1 Å². The second kappa shape index (κ2) is 4.83. The third kappa shape index (κ3) is 3.03. The Bertz CT molecular complexity index is 611. The van der Waals surface area contributed by atoms with Crippen molar-refractivity contribution in [3.8, 4) is 0 Å². The zero-order valence-corrected chi connectivity index (χ0v) is 10.4. The molecule has 0 aliphatic rings. The normalized spacial score (nSPS) is 12.6. The molecule has 88 valence electrons. The molecule has 3 nitrogen and oxygen atoms in total. The lowest BCUT2D eigenvalue weighted by Gasteiger charge is -2.01. The summed E-state index contributed by atoms with van der Waals surface area (Å²) in [5.41, 5.74) is 0.730. The van der Waals surface area contributed by atoms with Crippen molar-refractivity contribution in [3.63, 3.8) is 0 Å². The lowest BCUT2D eigenvalue weighted by atomic mass is 10.2. The quantitative estimate of drug-likeness (QED) is 0.868. The molecule has 1 aromatic carbocycles. The molecule has 0 saturated carbocycles. The van der Waals surface area contributed by atoms with Crippen LogP contribution in [0.1, 0.15) is 10.4 Å². The molecule has 1 N–H and O–H groups in total. The van der Waals surface area contributed by atoms with Crippen molar-refractivity contribution in [1.82, 2.24) is 0 Å². The van der Waals surface area contributed by atoms with E-state index in [9.17, 15) is 13.0 Å². The highest BCUT2D eigenvalue weighted by molar-refractivity contribution is 7.96. The lowest BCUT2D eigenvalue weighted by molar-refractivity contribution is 0.496. The van der Waals surface area contributed by atoms with E-state index in [0.717, 1.165) is 5.56 Å². The molecule has 0 aliphatic heterocycles. The minimum atomic E-state index is -4.21. The van der Waals surface area contributed by atoms with Gasteiger partial charge in [0.15, 0.2) is 0 Å². The molecule has 17 heavy (non-hydrogen) atoms. The van der Waals surface area contributed by atoms with Crippen LogP contribution in [-0.4, -0.2) is 13.0 Å². The van der Waals surface area contributed by atoms with E-state index in [1.165, 1.54) is 17.4 Å². The van der Waals surface area contributed by atoms with Crippen molar-refractivity contribution in [1.29, 1.82) is 0 Å². The topological polar surface area (TPSA) is 54.4 Å². The number of hydrogen-bond donors (Lipinski definition) is 1. The molecule has 0 bridgehead atoms. The maximum Gasteiger partial charge on any atom is 0.295 e. The minimum Gasteiger partial charge on any atom is -0.282 e. The first-order valence-electron chi connectivity index (χ1n) is 4.85. The molecule has 5 heteroatoms. The molecule has 0 aliphatic carbocycles. The first-order chi connectivity index (χ1) is 8.07. The number of benzene rings is 1. The van der Waals surface area contributed by atoms with Crippen molar-refractivity contribution in [3.05, 3.63) is 58.3 Å². The van der Waals surface area contributed by atoms with Gasteiger partial charge in [-0.2, -0.15) is 8.42 Å². The van der Waals surface area contributed by atoms with Gasteiger partial charge >= 0.3 is 0 Å². The molecule has 2 aromatic rings. The molecular weight excluding hydrogens is 256 g/mol. The molecule has 1 heterocycles. The largest absolute Gasteiger partial charge is 0.295 e. The van der Waals surface area contributed by atoms with E-state index in [0.29, 0.717) is 4.88 Å². The van der Waals surface area contributed by atoms with Gasteiger partial charge in [0.05, 0.1) is 0 Å². The first kappa shape index (κ1) is 12.0. The van der Waals surface area contributed by atoms with Gasteiger partial charge < -0.3 is 0 Å². The Morgan fingerprint density at radius 3 is 2.35 bits per heavy atom. The molecule has 0 radical (unpaired) electrons. The molecule has 0 saturated heterocycles. The third-order valence-corrected chi connectivity index (χ3v) is 4.07. The van der Waals surface area contributed by atoms with Gasteiger partial charge in [-0.15, -0.1) is 11.3 Å². The third-order valence-electron chi connectivity index (χ3n) is 2.14. The van der Waals surface area contributed by atoms with Crippen LogP contribution in [0.15, 0.2) is 47.8 Å². The van der Waals surface area contributed by atoms with Crippen LogP contribution in [-0.2, 0) is 10.1 Å². The molecule has 0 spiro atoms. The Balaban J connectivity index is 2.53. The highest BCUT2D eigenvalue weighted by atomic mass is 32.2. The minimum absolute atomic E-state index is 0.0706. The Labute approximate surface area is 104 Å². The van der Waals surface area contributed by atoms with Crippen LogP contribution in [0.25, 0.3) is 11.0 Å². The molecule has 1 aromatic heterocycles. The summed E-state index contributed by atoms with van der Waals surface area (Å²) < 4.78 is 31.9. The average Bonchev–Trinajstić information content (AvgIpc) is 2.79. The molecular formula is C12H10O3S2. The predicted molar refractivity (Wildman–Crippen MR) is 70.2 cm³/mol. The van der Waals surface area contributed by atoms with Crippen molar-refractivity contribution < 1.29 is 13.0 Å². The summed E-state index contributed by atoms with van der Waals surface area (Å²) in [7, 11) is -4.21. The van der Waals surface area contributed by atoms with Crippen LogP contribution < -0.4 is 0 Å². The van der Waals surface area contributed by atoms with Crippen LogP contribution in [0.4, 0.5) is 0 Å². The van der Waals surface area contributed by atoms with E-state index in [2.05, 4.69) is 0 Å².